The van der Waals surface area contributed by atoms with Crippen LogP contribution in [0.3, 0.4) is 0 Å². The van der Waals surface area contributed by atoms with Gasteiger partial charge in [0.25, 0.3) is 0 Å². The number of amides is 4. The Labute approximate surface area is 424 Å². The molecule has 0 saturated carbocycles. The number of urea groups is 2. The number of halogens is 6. The fourth-order valence-corrected chi connectivity index (χ4v) is 9.69. The summed E-state index contributed by atoms with van der Waals surface area (Å²) in [5.41, 5.74) is -0.126. The number of piperazine rings is 1. The Morgan fingerprint density at radius 3 is 1.23 bits per heavy atom. The van der Waals surface area contributed by atoms with Crippen molar-refractivity contribution in [3.63, 3.8) is 0 Å². The molecule has 20 heteroatoms. The third-order valence-electron chi connectivity index (χ3n) is 13.3. The standard InChI is InChI=1S/C54H54F6N8O6/c1-5-73-49(69)45-35(3)67(43-13-7-11-41(31-43)53(55,56)57)51(71)65(47(45)39-19-15-37(33-61)16-20-39)25-9-23-63-27-29-64(30-28-63)24-10-26-66-48(40-21-17-38(34-62)18-22-40)46(50(70)74-6-2)36(4)68(52(66)72)44-14-8-12-42(32-44)54(58,59)60/h7-8,11-22,31-32,47-48H,5-6,9-10,23-30H2,1-4H3. The number of anilines is 2. The molecule has 2 unspecified atom stereocenters. The van der Waals surface area contributed by atoms with Crippen molar-refractivity contribution < 1.29 is 55.0 Å². The normalized spacial score (nSPS) is 18.2. The largest absolute Gasteiger partial charge is 0.463 e. The monoisotopic (exact) mass is 1020 g/mol. The summed E-state index contributed by atoms with van der Waals surface area (Å²) in [7, 11) is 0. The SMILES string of the molecule is CCOC(=O)C1=C(C)N(c2cccc(C(F)(F)F)c2)C(=O)N(CCCN2CCN(CCCN3C(=O)N(c4cccc(C(F)(F)F)c4)C(C)=C(C(=O)OCC)C3c3ccc(C#N)cc3)CC2)C1c1ccc(C#N)cc1. The molecule has 3 aliphatic heterocycles. The van der Waals surface area contributed by atoms with Crippen LogP contribution in [0, 0.1) is 22.7 Å². The summed E-state index contributed by atoms with van der Waals surface area (Å²) < 4.78 is 94.6. The fraction of sp³-hybridized carbons (Fsp3) is 0.370. The van der Waals surface area contributed by atoms with E-state index in [1.165, 1.54) is 47.9 Å². The Morgan fingerprint density at radius 2 is 0.919 bits per heavy atom. The van der Waals surface area contributed by atoms with Gasteiger partial charge in [0.05, 0.1) is 82.2 Å². The van der Waals surface area contributed by atoms with Crippen LogP contribution in [0.5, 0.6) is 0 Å². The van der Waals surface area contributed by atoms with Crippen molar-refractivity contribution in [2.45, 2.75) is 65.0 Å². The maximum absolute atomic E-state index is 14.7. The Kier molecular flexibility index (Phi) is 16.8. The second-order valence-electron chi connectivity index (χ2n) is 17.8. The van der Waals surface area contributed by atoms with E-state index in [4.69, 9.17) is 9.47 Å². The molecule has 0 bridgehead atoms. The summed E-state index contributed by atoms with van der Waals surface area (Å²) in [4.78, 5) is 66.5. The minimum atomic E-state index is -4.71. The zero-order chi connectivity index (χ0) is 53.5. The van der Waals surface area contributed by atoms with Crippen molar-refractivity contribution in [2.75, 3.05) is 75.4 Å². The Morgan fingerprint density at radius 1 is 0.568 bits per heavy atom. The lowest BCUT2D eigenvalue weighted by atomic mass is 9.92. The second-order valence-corrected chi connectivity index (χ2v) is 17.8. The number of hydrogen-bond donors (Lipinski definition) is 0. The van der Waals surface area contributed by atoms with Crippen LogP contribution in [-0.2, 0) is 31.4 Å². The number of carbonyl (C=O) groups is 4. The lowest BCUT2D eigenvalue weighted by Crippen LogP contribution is -2.52. The van der Waals surface area contributed by atoms with Crippen LogP contribution < -0.4 is 9.80 Å². The van der Waals surface area contributed by atoms with E-state index in [-0.39, 0.29) is 60.2 Å². The van der Waals surface area contributed by atoms with Crippen molar-refractivity contribution >= 4 is 35.4 Å². The van der Waals surface area contributed by atoms with Crippen molar-refractivity contribution in [3.8, 4) is 12.1 Å². The average molecular weight is 1030 g/mol. The van der Waals surface area contributed by atoms with Gasteiger partial charge in [-0.1, -0.05) is 36.4 Å². The number of esters is 2. The van der Waals surface area contributed by atoms with Gasteiger partial charge >= 0.3 is 36.4 Å². The lowest BCUT2D eigenvalue weighted by molar-refractivity contribution is -0.140. The van der Waals surface area contributed by atoms with Gasteiger partial charge in [0, 0.05) is 50.7 Å². The molecule has 0 aliphatic carbocycles. The summed E-state index contributed by atoms with van der Waals surface area (Å²) >= 11 is 0. The highest BCUT2D eigenvalue weighted by Gasteiger charge is 2.45. The summed E-state index contributed by atoms with van der Waals surface area (Å²) in [6.07, 6.45) is -8.62. The van der Waals surface area contributed by atoms with Crippen LogP contribution in [-0.4, -0.2) is 109 Å². The number of benzene rings is 4. The molecule has 4 aromatic carbocycles. The molecule has 2 atom stereocenters. The van der Waals surface area contributed by atoms with Crippen molar-refractivity contribution in [2.24, 2.45) is 0 Å². The molecule has 0 spiro atoms. The molecule has 7 rings (SSSR count). The molecule has 3 heterocycles. The first-order valence-corrected chi connectivity index (χ1v) is 24.1. The Hall–Kier alpha value is -7.68. The topological polar surface area (TPSA) is 154 Å². The van der Waals surface area contributed by atoms with Crippen LogP contribution in [0.2, 0.25) is 0 Å². The van der Waals surface area contributed by atoms with E-state index in [0.717, 1.165) is 34.1 Å². The van der Waals surface area contributed by atoms with Crippen molar-refractivity contribution in [3.05, 3.63) is 153 Å². The number of rotatable bonds is 16. The van der Waals surface area contributed by atoms with Crippen LogP contribution in [0.4, 0.5) is 47.3 Å². The third kappa shape index (κ3) is 11.7. The predicted molar refractivity (Wildman–Crippen MR) is 261 cm³/mol. The van der Waals surface area contributed by atoms with Gasteiger partial charge in [0.1, 0.15) is 0 Å². The first kappa shape index (κ1) is 54.1. The van der Waals surface area contributed by atoms with Gasteiger partial charge in [0.2, 0.25) is 0 Å². The van der Waals surface area contributed by atoms with Gasteiger partial charge in [-0.3, -0.25) is 9.80 Å². The van der Waals surface area contributed by atoms with E-state index in [1.54, 1.807) is 62.4 Å². The van der Waals surface area contributed by atoms with Gasteiger partial charge in [-0.15, -0.1) is 0 Å². The summed E-state index contributed by atoms with van der Waals surface area (Å²) in [6.45, 7) is 9.77. The van der Waals surface area contributed by atoms with Gasteiger partial charge in [-0.2, -0.15) is 36.9 Å². The first-order valence-electron chi connectivity index (χ1n) is 24.1. The maximum Gasteiger partial charge on any atom is 0.416 e. The highest BCUT2D eigenvalue weighted by Crippen LogP contribution is 2.44. The van der Waals surface area contributed by atoms with Gasteiger partial charge in [-0.25, -0.2) is 19.2 Å². The zero-order valence-corrected chi connectivity index (χ0v) is 41.2. The molecule has 0 N–H and O–H groups in total. The molecule has 14 nitrogen and oxygen atoms in total. The van der Waals surface area contributed by atoms with Crippen molar-refractivity contribution in [1.82, 2.24) is 19.6 Å². The molecule has 74 heavy (non-hydrogen) atoms. The summed E-state index contributed by atoms with van der Waals surface area (Å²) in [5, 5.41) is 19.0. The third-order valence-corrected chi connectivity index (χ3v) is 13.3. The van der Waals surface area contributed by atoms with Crippen LogP contribution in [0.1, 0.15) is 86.0 Å². The highest BCUT2D eigenvalue weighted by atomic mass is 19.4. The molecule has 4 amide bonds. The number of allylic oxidation sites excluding steroid dienone is 2. The molecular weight excluding hydrogens is 971 g/mol. The Balaban J connectivity index is 1.07. The van der Waals surface area contributed by atoms with Gasteiger partial charge in [-0.05, 0) is 125 Å². The van der Waals surface area contributed by atoms with Gasteiger partial charge < -0.3 is 29.1 Å². The fourth-order valence-electron chi connectivity index (χ4n) is 9.69. The minimum absolute atomic E-state index is 0.00987. The number of hydrogen-bond acceptors (Lipinski definition) is 10. The van der Waals surface area contributed by atoms with Crippen LogP contribution in [0.25, 0.3) is 0 Å². The summed E-state index contributed by atoms with van der Waals surface area (Å²) in [6, 6.07) is 22.2. The molecule has 0 radical (unpaired) electrons. The quantitative estimate of drug-likeness (QED) is 0.0783. The smallest absolute Gasteiger partial charge is 0.416 e. The Bertz CT molecular complexity index is 2690. The highest BCUT2D eigenvalue weighted by molar-refractivity contribution is 6.04. The first-order chi connectivity index (χ1) is 35.3. The molecule has 4 aromatic rings. The van der Waals surface area contributed by atoms with E-state index in [1.807, 2.05) is 0 Å². The zero-order valence-electron chi connectivity index (χ0n) is 41.2. The van der Waals surface area contributed by atoms with Crippen LogP contribution >= 0.6 is 0 Å². The molecule has 0 aromatic heterocycles. The summed E-state index contributed by atoms with van der Waals surface area (Å²) in [5.74, 6) is -1.50. The van der Waals surface area contributed by atoms with Crippen LogP contribution in [0.15, 0.2) is 120 Å². The van der Waals surface area contributed by atoms with E-state index >= 15 is 0 Å². The van der Waals surface area contributed by atoms with Gasteiger partial charge in [0.15, 0.2) is 0 Å². The maximum atomic E-state index is 14.7. The lowest BCUT2D eigenvalue weighted by Gasteiger charge is -2.43. The van der Waals surface area contributed by atoms with E-state index < -0.39 is 59.6 Å². The number of carbonyl (C=O) groups excluding carboxylic acids is 4. The predicted octanol–water partition coefficient (Wildman–Crippen LogP) is 10.2. The number of nitriles is 2. The van der Waals surface area contributed by atoms with Crippen molar-refractivity contribution in [1.29, 1.82) is 10.5 Å². The molecule has 388 valence electrons. The molecule has 3 aliphatic rings. The number of alkyl halides is 6. The number of ether oxygens (including phenoxy) is 2. The number of nitrogens with zero attached hydrogens (tertiary/aromatic N) is 8. The average Bonchev–Trinajstić information content (AvgIpc) is 3.37. The molecule has 1 saturated heterocycles. The second kappa shape index (κ2) is 23.0. The molecular formula is C54H54F6N8O6. The minimum Gasteiger partial charge on any atom is -0.463 e. The molecule has 1 fully saturated rings. The van der Waals surface area contributed by atoms with E-state index in [0.29, 0.717) is 74.4 Å². The van der Waals surface area contributed by atoms with E-state index in [2.05, 4.69) is 21.9 Å². The van der Waals surface area contributed by atoms with E-state index in [9.17, 15) is 56.0 Å².